The van der Waals surface area contributed by atoms with E-state index in [4.69, 9.17) is 18.9 Å². The molecule has 0 aliphatic carbocycles. The van der Waals surface area contributed by atoms with Crippen molar-refractivity contribution in [2.24, 2.45) is 0 Å². The number of methoxy groups -OCH3 is 2. The van der Waals surface area contributed by atoms with Crippen LogP contribution < -0.4 is 24.3 Å². The molecular weight excluding hydrogens is 408 g/mol. The van der Waals surface area contributed by atoms with Crippen molar-refractivity contribution in [3.05, 3.63) is 77.6 Å². The smallest absolute Gasteiger partial charge is 0.251 e. The first kappa shape index (κ1) is 22.9. The van der Waals surface area contributed by atoms with Gasteiger partial charge in [0.15, 0.2) is 11.5 Å². The molecular formula is C25H28N2O5. The molecule has 7 heteroatoms. The van der Waals surface area contributed by atoms with E-state index in [9.17, 15) is 4.79 Å². The minimum absolute atomic E-state index is 0.232. The molecule has 7 nitrogen and oxygen atoms in total. The Balaban J connectivity index is 1.75. The lowest BCUT2D eigenvalue weighted by molar-refractivity contribution is 0.0939. The van der Waals surface area contributed by atoms with E-state index in [2.05, 4.69) is 10.3 Å². The van der Waals surface area contributed by atoms with Crippen LogP contribution in [0.1, 0.15) is 41.4 Å². The van der Waals surface area contributed by atoms with Crippen LogP contribution in [0, 0.1) is 0 Å². The Morgan fingerprint density at radius 1 is 0.938 bits per heavy atom. The number of pyridine rings is 1. The second-order valence-corrected chi connectivity index (χ2v) is 7.04. The van der Waals surface area contributed by atoms with Gasteiger partial charge in [0.1, 0.15) is 18.1 Å². The largest absolute Gasteiger partial charge is 0.497 e. The summed E-state index contributed by atoms with van der Waals surface area (Å²) < 4.78 is 22.4. The summed E-state index contributed by atoms with van der Waals surface area (Å²) in [5.74, 6) is 2.22. The van der Waals surface area contributed by atoms with Crippen LogP contribution in [0.4, 0.5) is 0 Å². The minimum Gasteiger partial charge on any atom is -0.497 e. The second-order valence-electron chi connectivity index (χ2n) is 7.04. The molecule has 1 heterocycles. The molecule has 1 N–H and O–H groups in total. The van der Waals surface area contributed by atoms with Crippen molar-refractivity contribution in [2.75, 3.05) is 20.8 Å². The van der Waals surface area contributed by atoms with Gasteiger partial charge in [0.2, 0.25) is 0 Å². The molecule has 0 fully saturated rings. The monoisotopic (exact) mass is 436 g/mol. The highest BCUT2D eigenvalue weighted by molar-refractivity contribution is 5.95. The van der Waals surface area contributed by atoms with Crippen LogP contribution in [0.5, 0.6) is 23.0 Å². The summed E-state index contributed by atoms with van der Waals surface area (Å²) in [6.07, 6.45) is 3.43. The highest BCUT2D eigenvalue weighted by atomic mass is 16.5. The third-order valence-corrected chi connectivity index (χ3v) is 4.90. The molecule has 0 aliphatic rings. The number of aromatic nitrogens is 1. The predicted molar refractivity (Wildman–Crippen MR) is 122 cm³/mol. The maximum atomic E-state index is 12.9. The summed E-state index contributed by atoms with van der Waals surface area (Å²) in [4.78, 5) is 16.9. The number of nitrogens with one attached hydrogen (secondary N) is 1. The summed E-state index contributed by atoms with van der Waals surface area (Å²) in [5, 5.41) is 3.01. The van der Waals surface area contributed by atoms with Crippen molar-refractivity contribution in [2.45, 2.75) is 26.5 Å². The van der Waals surface area contributed by atoms with Gasteiger partial charge < -0.3 is 24.3 Å². The fourth-order valence-corrected chi connectivity index (χ4v) is 3.21. The number of carbonyl (C=O) groups excluding carboxylic acids is 1. The van der Waals surface area contributed by atoms with Crippen molar-refractivity contribution in [3.63, 3.8) is 0 Å². The first-order chi connectivity index (χ1) is 15.5. The van der Waals surface area contributed by atoms with E-state index in [0.717, 1.165) is 11.1 Å². The Hall–Kier alpha value is -3.74. The first-order valence-electron chi connectivity index (χ1n) is 10.4. The Bertz CT molecular complexity index is 1040. The first-order valence-corrected chi connectivity index (χ1v) is 10.4. The van der Waals surface area contributed by atoms with Crippen LogP contribution in [-0.4, -0.2) is 31.7 Å². The number of nitrogens with zero attached hydrogens (tertiary/aromatic N) is 1. The molecule has 0 bridgehead atoms. The molecule has 3 rings (SSSR count). The number of hydrogen-bond donors (Lipinski definition) is 1. The Morgan fingerprint density at radius 2 is 1.69 bits per heavy atom. The van der Waals surface area contributed by atoms with Crippen molar-refractivity contribution >= 4 is 5.91 Å². The molecule has 2 aromatic carbocycles. The van der Waals surface area contributed by atoms with Gasteiger partial charge in [0.05, 0.1) is 26.9 Å². The van der Waals surface area contributed by atoms with E-state index in [0.29, 0.717) is 41.8 Å². The number of amides is 1. The lowest BCUT2D eigenvalue weighted by atomic mass is 10.1. The molecule has 0 saturated heterocycles. The summed E-state index contributed by atoms with van der Waals surface area (Å²) >= 11 is 0. The summed E-state index contributed by atoms with van der Waals surface area (Å²) in [6.45, 7) is 4.61. The molecule has 0 aliphatic heterocycles. The highest BCUT2D eigenvalue weighted by Gasteiger charge is 2.18. The summed E-state index contributed by atoms with van der Waals surface area (Å²) in [7, 11) is 3.20. The van der Waals surface area contributed by atoms with Gasteiger partial charge in [-0.3, -0.25) is 9.78 Å². The maximum Gasteiger partial charge on any atom is 0.251 e. The molecule has 3 aromatic rings. The van der Waals surface area contributed by atoms with E-state index < -0.39 is 0 Å². The zero-order valence-corrected chi connectivity index (χ0v) is 18.8. The number of benzene rings is 2. The molecule has 1 aromatic heterocycles. The van der Waals surface area contributed by atoms with E-state index in [1.54, 1.807) is 44.8 Å². The fraction of sp³-hybridized carbons (Fsp3) is 0.280. The van der Waals surface area contributed by atoms with Crippen LogP contribution in [-0.2, 0) is 6.61 Å². The molecule has 0 radical (unpaired) electrons. The van der Waals surface area contributed by atoms with Gasteiger partial charge in [-0.25, -0.2) is 0 Å². The van der Waals surface area contributed by atoms with Crippen molar-refractivity contribution in [1.82, 2.24) is 10.3 Å². The lowest BCUT2D eigenvalue weighted by Crippen LogP contribution is -2.27. The van der Waals surface area contributed by atoms with E-state index in [-0.39, 0.29) is 11.9 Å². The molecule has 1 unspecified atom stereocenters. The molecule has 1 amide bonds. The highest BCUT2D eigenvalue weighted by Crippen LogP contribution is 2.31. The summed E-state index contributed by atoms with van der Waals surface area (Å²) in [6, 6.07) is 14.1. The van der Waals surface area contributed by atoms with Crippen molar-refractivity contribution in [3.8, 4) is 23.0 Å². The normalized spacial score (nSPS) is 11.4. The average molecular weight is 437 g/mol. The lowest BCUT2D eigenvalue weighted by Gasteiger charge is -2.19. The minimum atomic E-state index is -0.300. The molecule has 0 spiro atoms. The van der Waals surface area contributed by atoms with Gasteiger partial charge >= 0.3 is 0 Å². The maximum absolute atomic E-state index is 12.9. The van der Waals surface area contributed by atoms with E-state index >= 15 is 0 Å². The fourth-order valence-electron chi connectivity index (χ4n) is 3.21. The second kappa shape index (κ2) is 11.0. The number of hydrogen-bond acceptors (Lipinski definition) is 6. The number of rotatable bonds is 10. The third kappa shape index (κ3) is 5.69. The Kier molecular flexibility index (Phi) is 7.91. The zero-order chi connectivity index (χ0) is 22.9. The molecule has 1 atom stereocenters. The Labute approximate surface area is 188 Å². The van der Waals surface area contributed by atoms with Crippen LogP contribution in [0.15, 0.2) is 60.9 Å². The molecule has 32 heavy (non-hydrogen) atoms. The Morgan fingerprint density at radius 3 is 2.38 bits per heavy atom. The average Bonchev–Trinajstić information content (AvgIpc) is 2.83. The SMILES string of the molecule is CCOc1cc(C(=O)NC(C)c2cc(OC)ccc2OC)ccc1OCc1ccncc1. The van der Waals surface area contributed by atoms with E-state index in [1.165, 1.54) is 0 Å². The van der Waals surface area contributed by atoms with Gasteiger partial charge in [0, 0.05) is 23.5 Å². The summed E-state index contributed by atoms with van der Waals surface area (Å²) in [5.41, 5.74) is 2.28. The standard InChI is InChI=1S/C25H28N2O5/c1-5-31-24-14-19(6-8-23(24)32-16-18-10-12-26-13-11-18)25(28)27-17(2)21-15-20(29-3)7-9-22(21)30-4/h6-15,17H,5,16H2,1-4H3,(H,27,28). The topological polar surface area (TPSA) is 78.9 Å². The van der Waals surface area contributed by atoms with Gasteiger partial charge in [-0.05, 0) is 67.9 Å². The van der Waals surface area contributed by atoms with E-state index in [1.807, 2.05) is 44.2 Å². The van der Waals surface area contributed by atoms with Crippen molar-refractivity contribution < 1.29 is 23.7 Å². The van der Waals surface area contributed by atoms with Gasteiger partial charge in [-0.15, -0.1) is 0 Å². The van der Waals surface area contributed by atoms with Crippen LogP contribution in [0.3, 0.4) is 0 Å². The zero-order valence-electron chi connectivity index (χ0n) is 18.8. The van der Waals surface area contributed by atoms with Crippen molar-refractivity contribution in [1.29, 1.82) is 0 Å². The van der Waals surface area contributed by atoms with Gasteiger partial charge in [-0.2, -0.15) is 0 Å². The van der Waals surface area contributed by atoms with Crippen LogP contribution >= 0.6 is 0 Å². The quantitative estimate of drug-likeness (QED) is 0.502. The van der Waals surface area contributed by atoms with Crippen LogP contribution in [0.25, 0.3) is 0 Å². The van der Waals surface area contributed by atoms with Gasteiger partial charge in [0.25, 0.3) is 5.91 Å². The van der Waals surface area contributed by atoms with Gasteiger partial charge in [-0.1, -0.05) is 0 Å². The number of ether oxygens (including phenoxy) is 4. The number of carbonyl (C=O) groups is 1. The molecule has 168 valence electrons. The van der Waals surface area contributed by atoms with Crippen LogP contribution in [0.2, 0.25) is 0 Å². The molecule has 0 saturated carbocycles. The predicted octanol–water partition coefficient (Wildman–Crippen LogP) is 4.57. The third-order valence-electron chi connectivity index (χ3n) is 4.90.